The SMILES string of the molecule is C=CC(C)C(C)C(=CC(=O)O)NC(C)=O. The van der Waals surface area contributed by atoms with Crippen molar-refractivity contribution in [3.8, 4) is 0 Å². The number of rotatable bonds is 5. The van der Waals surface area contributed by atoms with Gasteiger partial charge in [0.2, 0.25) is 5.91 Å². The van der Waals surface area contributed by atoms with Gasteiger partial charge in [0, 0.05) is 24.6 Å². The van der Waals surface area contributed by atoms with E-state index >= 15 is 0 Å². The van der Waals surface area contributed by atoms with Crippen molar-refractivity contribution in [3.63, 3.8) is 0 Å². The van der Waals surface area contributed by atoms with E-state index in [-0.39, 0.29) is 17.7 Å². The van der Waals surface area contributed by atoms with Crippen LogP contribution in [0.5, 0.6) is 0 Å². The summed E-state index contributed by atoms with van der Waals surface area (Å²) in [6.45, 7) is 8.74. The molecule has 2 N–H and O–H groups in total. The first-order valence-electron chi connectivity index (χ1n) is 4.73. The maximum Gasteiger partial charge on any atom is 0.330 e. The first-order chi connectivity index (χ1) is 6.88. The third-order valence-corrected chi connectivity index (χ3v) is 2.25. The highest BCUT2D eigenvalue weighted by Crippen LogP contribution is 2.18. The van der Waals surface area contributed by atoms with Crippen LogP contribution in [-0.2, 0) is 9.59 Å². The van der Waals surface area contributed by atoms with Gasteiger partial charge < -0.3 is 10.4 Å². The molecule has 0 aliphatic heterocycles. The molecule has 84 valence electrons. The number of carboxylic acids is 1. The van der Waals surface area contributed by atoms with Crippen molar-refractivity contribution in [3.05, 3.63) is 24.4 Å². The summed E-state index contributed by atoms with van der Waals surface area (Å²) in [5.74, 6) is -1.32. The molecule has 4 heteroatoms. The van der Waals surface area contributed by atoms with E-state index in [0.717, 1.165) is 6.08 Å². The lowest BCUT2D eigenvalue weighted by atomic mass is 9.92. The van der Waals surface area contributed by atoms with E-state index in [9.17, 15) is 9.59 Å². The van der Waals surface area contributed by atoms with Crippen LogP contribution in [-0.4, -0.2) is 17.0 Å². The molecule has 0 radical (unpaired) electrons. The fourth-order valence-corrected chi connectivity index (χ4v) is 1.11. The molecule has 2 unspecified atom stereocenters. The van der Waals surface area contributed by atoms with Crippen molar-refractivity contribution in [2.75, 3.05) is 0 Å². The number of aliphatic carboxylic acids is 1. The Morgan fingerprint density at radius 2 is 1.93 bits per heavy atom. The summed E-state index contributed by atoms with van der Waals surface area (Å²) in [6, 6.07) is 0. The zero-order chi connectivity index (χ0) is 12.0. The number of carbonyl (C=O) groups is 2. The van der Waals surface area contributed by atoms with Crippen LogP contribution in [0.15, 0.2) is 24.4 Å². The Balaban J connectivity index is 4.84. The van der Waals surface area contributed by atoms with Crippen molar-refractivity contribution in [2.45, 2.75) is 20.8 Å². The van der Waals surface area contributed by atoms with E-state index in [2.05, 4.69) is 11.9 Å². The minimum absolute atomic E-state index is 0.0810. The summed E-state index contributed by atoms with van der Waals surface area (Å²) in [5, 5.41) is 11.2. The summed E-state index contributed by atoms with van der Waals surface area (Å²) in [5.41, 5.74) is 0.405. The van der Waals surface area contributed by atoms with Crippen molar-refractivity contribution < 1.29 is 14.7 Å². The Kier molecular flexibility index (Phi) is 5.37. The number of allylic oxidation sites excluding steroid dienone is 2. The van der Waals surface area contributed by atoms with Gasteiger partial charge >= 0.3 is 5.97 Å². The molecule has 0 aromatic rings. The van der Waals surface area contributed by atoms with Gasteiger partial charge in [0.15, 0.2) is 0 Å². The molecular weight excluding hydrogens is 194 g/mol. The van der Waals surface area contributed by atoms with Gasteiger partial charge in [0.05, 0.1) is 0 Å². The van der Waals surface area contributed by atoms with Crippen LogP contribution >= 0.6 is 0 Å². The monoisotopic (exact) mass is 211 g/mol. The first kappa shape index (κ1) is 13.4. The summed E-state index contributed by atoms with van der Waals surface area (Å²) in [7, 11) is 0. The quantitative estimate of drug-likeness (QED) is 0.535. The van der Waals surface area contributed by atoms with Crippen molar-refractivity contribution in [1.82, 2.24) is 5.32 Å². The summed E-state index contributed by atoms with van der Waals surface area (Å²) in [4.78, 5) is 21.4. The Hall–Kier alpha value is -1.58. The lowest BCUT2D eigenvalue weighted by Crippen LogP contribution is -2.27. The standard InChI is InChI=1S/C11H17NO3/c1-5-7(2)8(3)10(6-11(14)15)12-9(4)13/h5-8H,1H2,2-4H3,(H,12,13)(H,14,15). The van der Waals surface area contributed by atoms with E-state index in [0.29, 0.717) is 5.70 Å². The highest BCUT2D eigenvalue weighted by Gasteiger charge is 2.16. The zero-order valence-electron chi connectivity index (χ0n) is 9.28. The Morgan fingerprint density at radius 3 is 2.27 bits per heavy atom. The van der Waals surface area contributed by atoms with E-state index in [1.807, 2.05) is 13.8 Å². The molecule has 0 spiro atoms. The molecule has 2 atom stereocenters. The Morgan fingerprint density at radius 1 is 1.40 bits per heavy atom. The van der Waals surface area contributed by atoms with Gasteiger partial charge in [-0.05, 0) is 5.92 Å². The molecule has 0 fully saturated rings. The Bertz CT molecular complexity index is 294. The topological polar surface area (TPSA) is 66.4 Å². The second kappa shape index (κ2) is 6.01. The predicted octanol–water partition coefficient (Wildman–Crippen LogP) is 1.55. The molecule has 0 aliphatic carbocycles. The molecular formula is C11H17NO3. The molecule has 0 aliphatic rings. The third-order valence-electron chi connectivity index (χ3n) is 2.25. The maximum atomic E-state index is 10.9. The first-order valence-corrected chi connectivity index (χ1v) is 4.73. The second-order valence-electron chi connectivity index (χ2n) is 3.50. The molecule has 0 rings (SSSR count). The van der Waals surface area contributed by atoms with Crippen LogP contribution in [0.4, 0.5) is 0 Å². The number of carboxylic acid groups (broad SMARTS) is 1. The molecule has 15 heavy (non-hydrogen) atoms. The van der Waals surface area contributed by atoms with Crippen molar-refractivity contribution in [1.29, 1.82) is 0 Å². The molecule has 4 nitrogen and oxygen atoms in total. The number of hydrogen-bond donors (Lipinski definition) is 2. The zero-order valence-corrected chi connectivity index (χ0v) is 9.28. The third kappa shape index (κ3) is 5.00. The fourth-order valence-electron chi connectivity index (χ4n) is 1.11. The molecule has 0 aromatic carbocycles. The number of carbonyl (C=O) groups excluding carboxylic acids is 1. The van der Waals surface area contributed by atoms with Crippen LogP contribution in [0, 0.1) is 11.8 Å². The average Bonchev–Trinajstić information content (AvgIpc) is 2.13. The van der Waals surface area contributed by atoms with Crippen LogP contribution in [0.3, 0.4) is 0 Å². The molecule has 0 aromatic heterocycles. The smallest absolute Gasteiger partial charge is 0.330 e. The summed E-state index contributed by atoms with van der Waals surface area (Å²) < 4.78 is 0. The van der Waals surface area contributed by atoms with E-state index in [1.165, 1.54) is 6.92 Å². The van der Waals surface area contributed by atoms with Crippen molar-refractivity contribution >= 4 is 11.9 Å². The van der Waals surface area contributed by atoms with Crippen molar-refractivity contribution in [2.24, 2.45) is 11.8 Å². The van der Waals surface area contributed by atoms with Crippen LogP contribution in [0.2, 0.25) is 0 Å². The second-order valence-corrected chi connectivity index (χ2v) is 3.50. The Labute approximate surface area is 89.7 Å². The highest BCUT2D eigenvalue weighted by atomic mass is 16.4. The highest BCUT2D eigenvalue weighted by molar-refractivity contribution is 5.83. The number of hydrogen-bond acceptors (Lipinski definition) is 2. The number of amides is 1. The fraction of sp³-hybridized carbons (Fsp3) is 0.455. The molecule has 0 bridgehead atoms. The molecule has 0 heterocycles. The van der Waals surface area contributed by atoms with Gasteiger partial charge in [0.25, 0.3) is 0 Å². The van der Waals surface area contributed by atoms with Crippen LogP contribution in [0.1, 0.15) is 20.8 Å². The normalized spacial score (nSPS) is 15.3. The largest absolute Gasteiger partial charge is 0.478 e. The molecule has 0 saturated carbocycles. The van der Waals surface area contributed by atoms with Crippen LogP contribution in [0.25, 0.3) is 0 Å². The van der Waals surface area contributed by atoms with Gasteiger partial charge in [0.1, 0.15) is 0 Å². The van der Waals surface area contributed by atoms with Gasteiger partial charge in [-0.3, -0.25) is 4.79 Å². The lowest BCUT2D eigenvalue weighted by Gasteiger charge is -2.19. The minimum atomic E-state index is -1.07. The van der Waals surface area contributed by atoms with Gasteiger partial charge in [-0.15, -0.1) is 6.58 Å². The van der Waals surface area contributed by atoms with E-state index in [4.69, 9.17) is 5.11 Å². The van der Waals surface area contributed by atoms with Gasteiger partial charge in [-0.2, -0.15) is 0 Å². The summed E-state index contributed by atoms with van der Waals surface area (Å²) >= 11 is 0. The minimum Gasteiger partial charge on any atom is -0.478 e. The maximum absolute atomic E-state index is 10.9. The number of nitrogens with one attached hydrogen (secondary N) is 1. The van der Waals surface area contributed by atoms with Crippen LogP contribution < -0.4 is 5.32 Å². The van der Waals surface area contributed by atoms with Gasteiger partial charge in [-0.1, -0.05) is 19.9 Å². The lowest BCUT2D eigenvalue weighted by molar-refractivity contribution is -0.131. The summed E-state index contributed by atoms with van der Waals surface area (Å²) in [6.07, 6.45) is 2.74. The van der Waals surface area contributed by atoms with E-state index in [1.54, 1.807) is 6.08 Å². The van der Waals surface area contributed by atoms with Gasteiger partial charge in [-0.25, -0.2) is 4.79 Å². The average molecular weight is 211 g/mol. The molecule has 0 saturated heterocycles. The van der Waals surface area contributed by atoms with E-state index < -0.39 is 5.97 Å². The molecule has 1 amide bonds. The predicted molar refractivity (Wildman–Crippen MR) is 58.1 cm³/mol.